The van der Waals surface area contributed by atoms with Gasteiger partial charge in [-0.2, -0.15) is 13.2 Å². The van der Waals surface area contributed by atoms with E-state index in [0.29, 0.717) is 10.6 Å². The maximum Gasteiger partial charge on any atom is 0.389 e. The maximum absolute atomic E-state index is 12.0. The molecule has 0 radical (unpaired) electrons. The van der Waals surface area contributed by atoms with Crippen molar-refractivity contribution in [2.75, 3.05) is 0 Å². The van der Waals surface area contributed by atoms with Crippen molar-refractivity contribution in [1.82, 2.24) is 0 Å². The molecule has 16 heavy (non-hydrogen) atoms. The number of rotatable bonds is 3. The quantitative estimate of drug-likeness (QED) is 0.876. The Labute approximate surface area is 105 Å². The summed E-state index contributed by atoms with van der Waals surface area (Å²) in [4.78, 5) is 0. The zero-order valence-electron chi connectivity index (χ0n) is 8.19. The van der Waals surface area contributed by atoms with Crippen LogP contribution in [0.25, 0.3) is 0 Å². The van der Waals surface area contributed by atoms with E-state index in [1.165, 1.54) is 0 Å². The lowest BCUT2D eigenvalue weighted by molar-refractivity contribution is -0.136. The predicted molar refractivity (Wildman–Crippen MR) is 61.4 cm³/mol. The minimum atomic E-state index is -4.18. The normalized spacial score (nSPS) is 13.9. The summed E-state index contributed by atoms with van der Waals surface area (Å²) < 4.78 is 36.8. The van der Waals surface area contributed by atoms with Crippen molar-refractivity contribution in [2.24, 2.45) is 5.73 Å². The topological polar surface area (TPSA) is 26.0 Å². The second-order valence-electron chi connectivity index (χ2n) is 3.43. The number of benzene rings is 1. The van der Waals surface area contributed by atoms with E-state index in [1.807, 2.05) is 0 Å². The minimum absolute atomic E-state index is 0.167. The van der Waals surface area contributed by atoms with Gasteiger partial charge in [-0.15, -0.1) is 0 Å². The van der Waals surface area contributed by atoms with Crippen LogP contribution in [0.1, 0.15) is 24.4 Å². The van der Waals surface area contributed by atoms with Crippen LogP contribution in [0.2, 0.25) is 5.02 Å². The Morgan fingerprint density at radius 1 is 1.38 bits per heavy atom. The molecule has 0 aliphatic rings. The first kappa shape index (κ1) is 13.8. The van der Waals surface area contributed by atoms with E-state index < -0.39 is 18.6 Å². The van der Waals surface area contributed by atoms with Crippen LogP contribution in [-0.2, 0) is 0 Å². The van der Waals surface area contributed by atoms with E-state index >= 15 is 0 Å². The lowest BCUT2D eigenvalue weighted by Crippen LogP contribution is -2.16. The fourth-order valence-electron chi connectivity index (χ4n) is 1.27. The average molecular weight is 317 g/mol. The third-order valence-corrected chi connectivity index (χ3v) is 2.93. The first-order valence-electron chi connectivity index (χ1n) is 4.57. The van der Waals surface area contributed by atoms with Gasteiger partial charge < -0.3 is 5.73 Å². The molecular weight excluding hydrogens is 306 g/mol. The van der Waals surface area contributed by atoms with E-state index in [2.05, 4.69) is 15.9 Å². The Morgan fingerprint density at radius 3 is 2.56 bits per heavy atom. The molecule has 0 aliphatic heterocycles. The molecule has 0 amide bonds. The van der Waals surface area contributed by atoms with E-state index in [0.717, 1.165) is 4.47 Å². The zero-order chi connectivity index (χ0) is 12.3. The third kappa shape index (κ3) is 4.31. The Kier molecular flexibility index (Phi) is 4.64. The van der Waals surface area contributed by atoms with Gasteiger partial charge in [-0.25, -0.2) is 0 Å². The highest BCUT2D eigenvalue weighted by Crippen LogP contribution is 2.31. The molecule has 1 rings (SSSR count). The van der Waals surface area contributed by atoms with Gasteiger partial charge in [0.2, 0.25) is 0 Å². The van der Waals surface area contributed by atoms with Crippen LogP contribution < -0.4 is 5.73 Å². The van der Waals surface area contributed by atoms with Gasteiger partial charge >= 0.3 is 6.18 Å². The SMILES string of the molecule is NC(CCC(F)(F)F)c1cc(Br)ccc1Cl. The van der Waals surface area contributed by atoms with Crippen molar-refractivity contribution in [2.45, 2.75) is 25.1 Å². The molecule has 2 N–H and O–H groups in total. The van der Waals surface area contributed by atoms with E-state index in [9.17, 15) is 13.2 Å². The Morgan fingerprint density at radius 2 is 2.00 bits per heavy atom. The number of alkyl halides is 3. The fraction of sp³-hybridized carbons (Fsp3) is 0.400. The summed E-state index contributed by atoms with van der Waals surface area (Å²) >= 11 is 9.08. The summed E-state index contributed by atoms with van der Waals surface area (Å²) in [6, 6.07) is 4.26. The molecule has 0 heterocycles. The molecule has 1 nitrogen and oxygen atoms in total. The van der Waals surface area contributed by atoms with Gasteiger partial charge in [-0.1, -0.05) is 27.5 Å². The van der Waals surface area contributed by atoms with Crippen LogP contribution >= 0.6 is 27.5 Å². The van der Waals surface area contributed by atoms with Crippen LogP contribution in [0, 0.1) is 0 Å². The van der Waals surface area contributed by atoms with E-state index in [1.54, 1.807) is 18.2 Å². The standard InChI is InChI=1S/C10H10BrClF3N/c11-6-1-2-8(12)7(5-6)9(16)3-4-10(13,14)15/h1-2,5,9H,3-4,16H2. The summed E-state index contributed by atoms with van der Waals surface area (Å²) in [5.41, 5.74) is 6.19. The van der Waals surface area contributed by atoms with Crippen LogP contribution in [0.3, 0.4) is 0 Å². The van der Waals surface area contributed by atoms with Gasteiger partial charge in [0.05, 0.1) is 0 Å². The molecule has 0 saturated heterocycles. The van der Waals surface area contributed by atoms with Crippen molar-refractivity contribution >= 4 is 27.5 Å². The largest absolute Gasteiger partial charge is 0.389 e. The summed E-state index contributed by atoms with van der Waals surface area (Å²) in [6.45, 7) is 0. The van der Waals surface area contributed by atoms with Crippen molar-refractivity contribution < 1.29 is 13.2 Å². The van der Waals surface area contributed by atoms with Crippen LogP contribution in [0.4, 0.5) is 13.2 Å². The highest BCUT2D eigenvalue weighted by molar-refractivity contribution is 9.10. The molecule has 0 fully saturated rings. The predicted octanol–water partition coefficient (Wildman–Crippen LogP) is 4.44. The molecule has 0 aliphatic carbocycles. The maximum atomic E-state index is 12.0. The Hall–Kier alpha value is -0.260. The van der Waals surface area contributed by atoms with Gasteiger partial charge in [-0.3, -0.25) is 0 Å². The van der Waals surface area contributed by atoms with Crippen LogP contribution in [0.5, 0.6) is 0 Å². The number of halogens is 5. The first-order chi connectivity index (χ1) is 7.29. The second-order valence-corrected chi connectivity index (χ2v) is 4.75. The molecule has 0 spiro atoms. The molecular formula is C10H10BrClF3N. The van der Waals surface area contributed by atoms with Gasteiger partial charge in [0.25, 0.3) is 0 Å². The summed E-state index contributed by atoms with van der Waals surface area (Å²) in [5.74, 6) is 0. The molecule has 1 atom stereocenters. The van der Waals surface area contributed by atoms with Crippen molar-refractivity contribution in [3.8, 4) is 0 Å². The second kappa shape index (κ2) is 5.38. The lowest BCUT2D eigenvalue weighted by Gasteiger charge is -2.15. The van der Waals surface area contributed by atoms with Gasteiger partial charge in [0.1, 0.15) is 0 Å². The third-order valence-electron chi connectivity index (χ3n) is 2.10. The summed E-state index contributed by atoms with van der Waals surface area (Å²) in [5, 5.41) is 0.387. The molecule has 1 aromatic carbocycles. The molecule has 90 valence electrons. The minimum Gasteiger partial charge on any atom is -0.324 e. The molecule has 1 aromatic rings. The summed E-state index contributed by atoms with van der Waals surface area (Å²) in [7, 11) is 0. The average Bonchev–Trinajstić information content (AvgIpc) is 2.17. The van der Waals surface area contributed by atoms with Gasteiger partial charge in [0.15, 0.2) is 0 Å². The van der Waals surface area contributed by atoms with E-state index in [4.69, 9.17) is 17.3 Å². The smallest absolute Gasteiger partial charge is 0.324 e. The number of hydrogen-bond acceptors (Lipinski definition) is 1. The van der Waals surface area contributed by atoms with Crippen molar-refractivity contribution in [3.05, 3.63) is 33.3 Å². The van der Waals surface area contributed by atoms with E-state index in [-0.39, 0.29) is 6.42 Å². The first-order valence-corrected chi connectivity index (χ1v) is 5.74. The fourth-order valence-corrected chi connectivity index (χ4v) is 1.91. The molecule has 1 unspecified atom stereocenters. The zero-order valence-corrected chi connectivity index (χ0v) is 10.5. The molecule has 0 saturated carbocycles. The lowest BCUT2D eigenvalue weighted by atomic mass is 10.0. The number of nitrogens with two attached hydrogens (primary N) is 1. The van der Waals surface area contributed by atoms with Crippen LogP contribution in [-0.4, -0.2) is 6.18 Å². The number of hydrogen-bond donors (Lipinski definition) is 1. The van der Waals surface area contributed by atoms with Crippen molar-refractivity contribution in [1.29, 1.82) is 0 Å². The van der Waals surface area contributed by atoms with Crippen LogP contribution in [0.15, 0.2) is 22.7 Å². The summed E-state index contributed by atoms with van der Waals surface area (Å²) in [6.07, 6.45) is -5.26. The van der Waals surface area contributed by atoms with Crippen molar-refractivity contribution in [3.63, 3.8) is 0 Å². The molecule has 0 bridgehead atoms. The highest BCUT2D eigenvalue weighted by atomic mass is 79.9. The molecule has 0 aromatic heterocycles. The van der Waals surface area contributed by atoms with Gasteiger partial charge in [-0.05, 0) is 30.2 Å². The molecule has 6 heteroatoms. The highest BCUT2D eigenvalue weighted by Gasteiger charge is 2.28. The monoisotopic (exact) mass is 315 g/mol. The Balaban J connectivity index is 2.73. The Bertz CT molecular complexity index is 368. The van der Waals surface area contributed by atoms with Gasteiger partial charge in [0, 0.05) is 22.0 Å².